The van der Waals surface area contributed by atoms with Crippen LogP contribution >= 0.6 is 0 Å². The molecule has 2 aromatic carbocycles. The molecule has 0 saturated carbocycles. The first-order valence-corrected chi connectivity index (χ1v) is 11.7. The van der Waals surface area contributed by atoms with Crippen molar-refractivity contribution in [3.05, 3.63) is 71.3 Å². The molecule has 0 bridgehead atoms. The highest BCUT2D eigenvalue weighted by molar-refractivity contribution is 7.89. The van der Waals surface area contributed by atoms with Crippen LogP contribution in [0.2, 0.25) is 0 Å². The van der Waals surface area contributed by atoms with E-state index in [-0.39, 0.29) is 11.3 Å². The van der Waals surface area contributed by atoms with Gasteiger partial charge in [0.05, 0.1) is 4.90 Å². The smallest absolute Gasteiger partial charge is 0.246 e. The lowest BCUT2D eigenvalue weighted by molar-refractivity contribution is -0.127. The first kappa shape index (κ1) is 22.2. The molecule has 1 aliphatic rings. The van der Waals surface area contributed by atoms with Crippen molar-refractivity contribution >= 4 is 22.0 Å². The number of aryl methyl sites for hydroxylation is 1. The molecule has 0 radical (unpaired) electrons. The molecule has 1 aliphatic heterocycles. The van der Waals surface area contributed by atoms with Gasteiger partial charge in [-0.15, -0.1) is 0 Å². The van der Waals surface area contributed by atoms with E-state index in [1.54, 1.807) is 23.1 Å². The Kier molecular flexibility index (Phi) is 6.48. The number of carbonyl (C=O) groups is 1. The second-order valence-corrected chi connectivity index (χ2v) is 10.6. The maximum atomic E-state index is 13.0. The quantitative estimate of drug-likeness (QED) is 0.698. The van der Waals surface area contributed by atoms with Crippen LogP contribution in [0.4, 0.5) is 0 Å². The zero-order chi connectivity index (χ0) is 21.9. The lowest BCUT2D eigenvalue weighted by Gasteiger charge is -2.33. The zero-order valence-corrected chi connectivity index (χ0v) is 18.9. The number of rotatable bonds is 4. The average molecular weight is 427 g/mol. The molecule has 0 atom stereocenters. The average Bonchev–Trinajstić information content (AvgIpc) is 2.72. The first-order chi connectivity index (χ1) is 14.1. The largest absolute Gasteiger partial charge is 0.337 e. The van der Waals surface area contributed by atoms with Gasteiger partial charge in [0.2, 0.25) is 15.9 Å². The standard InChI is InChI=1S/C24H30N2O3S/c1-19-7-5-6-8-20(19)9-14-23(27)25-15-17-26(18-16-25)30(28,29)22-12-10-21(11-13-22)24(2,3)4/h5-14H,15-18H2,1-4H3. The van der Waals surface area contributed by atoms with E-state index in [1.807, 2.05) is 49.4 Å². The molecule has 1 saturated heterocycles. The topological polar surface area (TPSA) is 57.7 Å². The number of hydrogen-bond acceptors (Lipinski definition) is 3. The summed E-state index contributed by atoms with van der Waals surface area (Å²) in [5.41, 5.74) is 3.18. The summed E-state index contributed by atoms with van der Waals surface area (Å²) >= 11 is 0. The molecule has 1 heterocycles. The number of nitrogens with zero attached hydrogens (tertiary/aromatic N) is 2. The summed E-state index contributed by atoms with van der Waals surface area (Å²) in [6.07, 6.45) is 3.38. The van der Waals surface area contributed by atoms with Gasteiger partial charge in [0.25, 0.3) is 0 Å². The van der Waals surface area contributed by atoms with E-state index < -0.39 is 10.0 Å². The van der Waals surface area contributed by atoms with Crippen molar-refractivity contribution < 1.29 is 13.2 Å². The van der Waals surface area contributed by atoms with Crippen LogP contribution in [0.3, 0.4) is 0 Å². The highest BCUT2D eigenvalue weighted by Crippen LogP contribution is 2.25. The first-order valence-electron chi connectivity index (χ1n) is 10.2. The lowest BCUT2D eigenvalue weighted by atomic mass is 9.87. The zero-order valence-electron chi connectivity index (χ0n) is 18.1. The summed E-state index contributed by atoms with van der Waals surface area (Å²) < 4.78 is 27.4. The van der Waals surface area contributed by atoms with Gasteiger partial charge < -0.3 is 4.90 Å². The number of piperazine rings is 1. The van der Waals surface area contributed by atoms with E-state index in [4.69, 9.17) is 0 Å². The minimum atomic E-state index is -3.56. The Bertz CT molecular complexity index is 1030. The molecular formula is C24H30N2O3S. The fourth-order valence-corrected chi connectivity index (χ4v) is 4.89. The van der Waals surface area contributed by atoms with Crippen molar-refractivity contribution in [1.29, 1.82) is 0 Å². The number of hydrogen-bond donors (Lipinski definition) is 0. The number of sulfonamides is 1. The molecule has 1 amide bonds. The maximum Gasteiger partial charge on any atom is 0.246 e. The molecule has 30 heavy (non-hydrogen) atoms. The van der Waals surface area contributed by atoms with Gasteiger partial charge in [-0.1, -0.05) is 57.2 Å². The van der Waals surface area contributed by atoms with Crippen LogP contribution < -0.4 is 0 Å². The second kappa shape index (κ2) is 8.74. The Morgan fingerprint density at radius 2 is 1.53 bits per heavy atom. The predicted octanol–water partition coefficient (Wildman–Crippen LogP) is 3.84. The molecule has 0 aromatic heterocycles. The summed E-state index contributed by atoms with van der Waals surface area (Å²) in [7, 11) is -3.56. The number of benzene rings is 2. The molecule has 160 valence electrons. The molecule has 0 spiro atoms. The van der Waals surface area contributed by atoms with Crippen molar-refractivity contribution in [3.63, 3.8) is 0 Å². The van der Waals surface area contributed by atoms with Crippen molar-refractivity contribution in [2.75, 3.05) is 26.2 Å². The molecule has 5 nitrogen and oxygen atoms in total. The van der Waals surface area contributed by atoms with Crippen LogP contribution in [-0.4, -0.2) is 49.7 Å². The van der Waals surface area contributed by atoms with Gasteiger partial charge in [0, 0.05) is 32.3 Å². The van der Waals surface area contributed by atoms with E-state index in [0.29, 0.717) is 31.1 Å². The van der Waals surface area contributed by atoms with E-state index >= 15 is 0 Å². The fourth-order valence-electron chi connectivity index (χ4n) is 3.47. The Morgan fingerprint density at radius 1 is 0.933 bits per heavy atom. The predicted molar refractivity (Wildman–Crippen MR) is 121 cm³/mol. The highest BCUT2D eigenvalue weighted by Gasteiger charge is 2.29. The van der Waals surface area contributed by atoms with Gasteiger partial charge >= 0.3 is 0 Å². The molecule has 3 rings (SSSR count). The minimum absolute atomic E-state index is 0.0277. The Balaban J connectivity index is 1.63. The van der Waals surface area contributed by atoms with Gasteiger partial charge in [-0.3, -0.25) is 4.79 Å². The van der Waals surface area contributed by atoms with E-state index in [1.165, 1.54) is 4.31 Å². The third-order valence-electron chi connectivity index (χ3n) is 5.50. The fraction of sp³-hybridized carbons (Fsp3) is 0.375. The summed E-state index contributed by atoms with van der Waals surface area (Å²) in [5, 5.41) is 0. The second-order valence-electron chi connectivity index (χ2n) is 8.69. The van der Waals surface area contributed by atoms with Gasteiger partial charge in [-0.25, -0.2) is 8.42 Å². The summed E-state index contributed by atoms with van der Waals surface area (Å²) in [6.45, 7) is 9.66. The van der Waals surface area contributed by atoms with Gasteiger partial charge in [0.1, 0.15) is 0 Å². The van der Waals surface area contributed by atoms with Crippen LogP contribution in [0.25, 0.3) is 6.08 Å². The molecule has 0 N–H and O–H groups in total. The number of carbonyl (C=O) groups excluding carboxylic acids is 1. The molecular weight excluding hydrogens is 396 g/mol. The molecule has 1 fully saturated rings. The Morgan fingerprint density at radius 3 is 2.10 bits per heavy atom. The van der Waals surface area contributed by atoms with Crippen molar-refractivity contribution in [2.24, 2.45) is 0 Å². The Hall–Kier alpha value is -2.44. The maximum absolute atomic E-state index is 13.0. The summed E-state index contributed by atoms with van der Waals surface area (Å²) in [4.78, 5) is 14.5. The van der Waals surface area contributed by atoms with E-state index in [2.05, 4.69) is 20.8 Å². The van der Waals surface area contributed by atoms with Crippen LogP contribution in [0.15, 0.2) is 59.5 Å². The van der Waals surface area contributed by atoms with Crippen molar-refractivity contribution in [3.8, 4) is 0 Å². The molecule has 0 unspecified atom stereocenters. The lowest BCUT2D eigenvalue weighted by Crippen LogP contribution is -2.50. The summed E-state index contributed by atoms with van der Waals surface area (Å²) in [6, 6.07) is 15.0. The molecule has 0 aliphatic carbocycles. The van der Waals surface area contributed by atoms with Crippen LogP contribution in [-0.2, 0) is 20.2 Å². The Labute approximate surface area is 180 Å². The van der Waals surface area contributed by atoms with Crippen LogP contribution in [0, 0.1) is 6.92 Å². The number of amides is 1. The summed E-state index contributed by atoms with van der Waals surface area (Å²) in [5.74, 6) is -0.0927. The third kappa shape index (κ3) is 4.99. The van der Waals surface area contributed by atoms with E-state index in [9.17, 15) is 13.2 Å². The van der Waals surface area contributed by atoms with Gasteiger partial charge in [-0.2, -0.15) is 4.31 Å². The SMILES string of the molecule is Cc1ccccc1C=CC(=O)N1CCN(S(=O)(=O)c2ccc(C(C)(C)C)cc2)CC1. The third-order valence-corrected chi connectivity index (χ3v) is 7.42. The monoisotopic (exact) mass is 426 g/mol. The van der Waals surface area contributed by atoms with Crippen LogP contribution in [0.5, 0.6) is 0 Å². The van der Waals surface area contributed by atoms with Crippen LogP contribution in [0.1, 0.15) is 37.5 Å². The molecule has 2 aromatic rings. The molecule has 6 heteroatoms. The normalized spacial score (nSPS) is 16.2. The van der Waals surface area contributed by atoms with Crippen molar-refractivity contribution in [2.45, 2.75) is 38.0 Å². The van der Waals surface area contributed by atoms with E-state index in [0.717, 1.165) is 16.7 Å². The highest BCUT2D eigenvalue weighted by atomic mass is 32.2. The van der Waals surface area contributed by atoms with Gasteiger partial charge in [-0.05, 0) is 47.2 Å². The minimum Gasteiger partial charge on any atom is -0.337 e. The van der Waals surface area contributed by atoms with Gasteiger partial charge in [0.15, 0.2) is 0 Å². The van der Waals surface area contributed by atoms with Crippen molar-refractivity contribution in [1.82, 2.24) is 9.21 Å².